The average molecular weight is 462 g/mol. The Labute approximate surface area is 197 Å². The molecule has 0 bridgehead atoms. The lowest BCUT2D eigenvalue weighted by Gasteiger charge is -2.37. The van der Waals surface area contributed by atoms with Crippen LogP contribution in [0.5, 0.6) is 28.7 Å². The topological polar surface area (TPSA) is 94.5 Å². The molecule has 3 aromatic carbocycles. The number of fused-ring (bicyclic) bond motifs is 5. The molecule has 5 rings (SSSR count). The third-order valence-electron chi connectivity index (χ3n) is 6.62. The minimum absolute atomic E-state index is 0.0365. The molecule has 0 saturated carbocycles. The van der Waals surface area contributed by atoms with Crippen LogP contribution in [-0.4, -0.2) is 37.0 Å². The normalized spacial score (nSPS) is 18.1. The van der Waals surface area contributed by atoms with Crippen LogP contribution in [-0.2, 0) is 22.4 Å². The van der Waals surface area contributed by atoms with E-state index >= 15 is 0 Å². The molecule has 0 spiro atoms. The summed E-state index contributed by atoms with van der Waals surface area (Å²) in [6.07, 6.45) is 0.813. The number of carbonyl (C=O) groups excluding carboxylic acids is 1. The van der Waals surface area contributed by atoms with Crippen molar-refractivity contribution in [1.82, 2.24) is 0 Å². The van der Waals surface area contributed by atoms with Crippen LogP contribution in [0.3, 0.4) is 0 Å². The molecule has 0 saturated heterocycles. The Hall–Kier alpha value is -3.87. The second kappa shape index (κ2) is 8.48. The Morgan fingerprint density at radius 3 is 2.53 bits per heavy atom. The van der Waals surface area contributed by atoms with E-state index in [-0.39, 0.29) is 30.0 Å². The number of esters is 1. The highest BCUT2D eigenvalue weighted by molar-refractivity contribution is 5.82. The van der Waals surface area contributed by atoms with Crippen molar-refractivity contribution >= 4 is 5.97 Å². The SMILES string of the molecule is COc1cc([C@@H]2COc3cc(OC)c4c(c3[C@@H]2OC(C)=O)CCc2cc(O)ccc2-4)ccc1O. The van der Waals surface area contributed by atoms with Gasteiger partial charge in [0.1, 0.15) is 23.4 Å². The molecular weight excluding hydrogens is 436 g/mol. The average Bonchev–Trinajstić information content (AvgIpc) is 2.83. The van der Waals surface area contributed by atoms with E-state index in [1.54, 1.807) is 37.4 Å². The lowest BCUT2D eigenvalue weighted by atomic mass is 9.77. The third kappa shape index (κ3) is 3.57. The van der Waals surface area contributed by atoms with Crippen LogP contribution in [0, 0.1) is 0 Å². The van der Waals surface area contributed by atoms with Crippen LogP contribution < -0.4 is 14.2 Å². The molecule has 34 heavy (non-hydrogen) atoms. The van der Waals surface area contributed by atoms with Crippen LogP contribution in [0.25, 0.3) is 11.1 Å². The summed E-state index contributed by atoms with van der Waals surface area (Å²) in [6, 6.07) is 12.3. The van der Waals surface area contributed by atoms with Crippen molar-refractivity contribution < 1.29 is 34.0 Å². The van der Waals surface area contributed by atoms with E-state index in [2.05, 4.69) is 0 Å². The first-order valence-electron chi connectivity index (χ1n) is 11.1. The largest absolute Gasteiger partial charge is 0.508 e. The zero-order valence-corrected chi connectivity index (χ0v) is 19.3. The van der Waals surface area contributed by atoms with Crippen molar-refractivity contribution in [2.24, 2.45) is 0 Å². The number of methoxy groups -OCH3 is 2. The van der Waals surface area contributed by atoms with Gasteiger partial charge in [-0.2, -0.15) is 0 Å². The number of hydrogen-bond donors (Lipinski definition) is 2. The number of phenolic OH excluding ortho intramolecular Hbond substituents is 2. The lowest BCUT2D eigenvalue weighted by molar-refractivity contribution is -0.149. The molecular formula is C27H26O7. The fraction of sp³-hybridized carbons (Fsp3) is 0.296. The minimum atomic E-state index is -0.589. The fourth-order valence-electron chi connectivity index (χ4n) is 5.12. The van der Waals surface area contributed by atoms with E-state index in [1.165, 1.54) is 14.0 Å². The Balaban J connectivity index is 1.71. The number of benzene rings is 3. The molecule has 0 aromatic heterocycles. The van der Waals surface area contributed by atoms with Crippen molar-refractivity contribution in [1.29, 1.82) is 0 Å². The quantitative estimate of drug-likeness (QED) is 0.545. The second-order valence-corrected chi connectivity index (χ2v) is 8.56. The maximum atomic E-state index is 12.2. The molecule has 3 aromatic rings. The van der Waals surface area contributed by atoms with Crippen LogP contribution in [0.2, 0.25) is 0 Å². The van der Waals surface area contributed by atoms with Gasteiger partial charge in [-0.25, -0.2) is 0 Å². The summed E-state index contributed by atoms with van der Waals surface area (Å²) in [5.41, 5.74) is 5.60. The predicted octanol–water partition coefficient (Wildman–Crippen LogP) is 4.66. The summed E-state index contributed by atoms with van der Waals surface area (Å²) in [4.78, 5) is 12.2. The van der Waals surface area contributed by atoms with Gasteiger partial charge in [0.05, 0.1) is 26.7 Å². The zero-order valence-electron chi connectivity index (χ0n) is 19.3. The second-order valence-electron chi connectivity index (χ2n) is 8.56. The number of phenols is 2. The Bertz CT molecular complexity index is 1280. The Kier molecular flexibility index (Phi) is 5.48. The summed E-state index contributed by atoms with van der Waals surface area (Å²) in [5.74, 6) is 1.22. The molecule has 0 radical (unpaired) electrons. The molecule has 2 aliphatic rings. The molecule has 2 N–H and O–H groups in total. The van der Waals surface area contributed by atoms with Crippen molar-refractivity contribution in [3.8, 4) is 39.9 Å². The molecule has 0 fully saturated rings. The fourth-order valence-corrected chi connectivity index (χ4v) is 5.12. The van der Waals surface area contributed by atoms with Gasteiger partial charge in [-0.15, -0.1) is 0 Å². The number of hydrogen-bond acceptors (Lipinski definition) is 7. The van der Waals surface area contributed by atoms with E-state index in [4.69, 9.17) is 18.9 Å². The molecule has 2 atom stereocenters. The number of rotatable bonds is 4. The molecule has 1 aliphatic carbocycles. The highest BCUT2D eigenvalue weighted by Gasteiger charge is 2.39. The van der Waals surface area contributed by atoms with Gasteiger partial charge in [-0.3, -0.25) is 4.79 Å². The van der Waals surface area contributed by atoms with Crippen LogP contribution >= 0.6 is 0 Å². The van der Waals surface area contributed by atoms with E-state index in [1.807, 2.05) is 12.1 Å². The Morgan fingerprint density at radius 2 is 1.79 bits per heavy atom. The van der Waals surface area contributed by atoms with Crippen LogP contribution in [0.1, 0.15) is 41.2 Å². The van der Waals surface area contributed by atoms with E-state index in [9.17, 15) is 15.0 Å². The summed E-state index contributed by atoms with van der Waals surface area (Å²) < 4.78 is 23.2. The monoisotopic (exact) mass is 462 g/mol. The summed E-state index contributed by atoms with van der Waals surface area (Å²) in [7, 11) is 3.11. The summed E-state index contributed by atoms with van der Waals surface area (Å²) in [5, 5.41) is 20.0. The lowest BCUT2D eigenvalue weighted by Crippen LogP contribution is -2.29. The highest BCUT2D eigenvalue weighted by atomic mass is 16.6. The molecule has 7 nitrogen and oxygen atoms in total. The van der Waals surface area contributed by atoms with Gasteiger partial charge in [-0.05, 0) is 59.4 Å². The van der Waals surface area contributed by atoms with Gasteiger partial charge in [0.2, 0.25) is 0 Å². The van der Waals surface area contributed by atoms with Gasteiger partial charge >= 0.3 is 5.97 Å². The standard InChI is InChI=1S/C27H26O7/c1-14(28)34-27-20(16-5-9-21(30)22(11-16)31-2)13-33-24-12-23(32-3)25-18-8-6-17(29)10-15(18)4-7-19(25)26(24)27/h5-6,8-12,20,27,29-30H,4,7,13H2,1-3H3/t20-,27+/m0/s1. The molecule has 1 aliphatic heterocycles. The van der Waals surface area contributed by atoms with Gasteiger partial charge < -0.3 is 29.2 Å². The number of aryl methyl sites for hydroxylation is 1. The van der Waals surface area contributed by atoms with Crippen molar-refractivity contribution in [3.63, 3.8) is 0 Å². The maximum Gasteiger partial charge on any atom is 0.303 e. The first-order valence-corrected chi connectivity index (χ1v) is 11.1. The van der Waals surface area contributed by atoms with Gasteiger partial charge in [0.15, 0.2) is 11.5 Å². The molecule has 0 unspecified atom stereocenters. The molecule has 0 amide bonds. The zero-order chi connectivity index (χ0) is 24.0. The van der Waals surface area contributed by atoms with E-state index < -0.39 is 6.10 Å². The number of carbonyl (C=O) groups is 1. The first kappa shape index (κ1) is 21.9. The van der Waals surface area contributed by atoms with Crippen molar-refractivity contribution in [2.45, 2.75) is 31.8 Å². The first-order chi connectivity index (χ1) is 16.4. The van der Waals surface area contributed by atoms with Gasteiger partial charge in [-0.1, -0.05) is 12.1 Å². The molecule has 7 heteroatoms. The number of aromatic hydroxyl groups is 2. The third-order valence-corrected chi connectivity index (χ3v) is 6.62. The smallest absolute Gasteiger partial charge is 0.303 e. The van der Waals surface area contributed by atoms with Crippen LogP contribution in [0.15, 0.2) is 42.5 Å². The molecule has 176 valence electrons. The Morgan fingerprint density at radius 1 is 1.00 bits per heavy atom. The van der Waals surface area contributed by atoms with Crippen molar-refractivity contribution in [2.75, 3.05) is 20.8 Å². The van der Waals surface area contributed by atoms with E-state index in [0.29, 0.717) is 23.7 Å². The summed E-state index contributed by atoms with van der Waals surface area (Å²) in [6.45, 7) is 1.68. The minimum Gasteiger partial charge on any atom is -0.508 e. The van der Waals surface area contributed by atoms with Crippen LogP contribution in [0.4, 0.5) is 0 Å². The van der Waals surface area contributed by atoms with Gasteiger partial charge in [0, 0.05) is 24.1 Å². The number of ether oxygens (including phenoxy) is 4. The van der Waals surface area contributed by atoms with Crippen molar-refractivity contribution in [3.05, 3.63) is 64.7 Å². The summed E-state index contributed by atoms with van der Waals surface area (Å²) >= 11 is 0. The predicted molar refractivity (Wildman–Crippen MR) is 125 cm³/mol. The highest BCUT2D eigenvalue weighted by Crippen LogP contribution is 2.53. The maximum absolute atomic E-state index is 12.2. The molecule has 1 heterocycles. The van der Waals surface area contributed by atoms with E-state index in [0.717, 1.165) is 39.8 Å². The van der Waals surface area contributed by atoms with Gasteiger partial charge in [0.25, 0.3) is 0 Å².